The largest absolute Gasteiger partial charge is 0.361 e. The predicted octanol–water partition coefficient (Wildman–Crippen LogP) is 5.43. The lowest BCUT2D eigenvalue weighted by molar-refractivity contribution is 0.0523. The van der Waals surface area contributed by atoms with E-state index in [0.717, 1.165) is 31.6 Å². The van der Waals surface area contributed by atoms with Gasteiger partial charge in [-0.15, -0.1) is 0 Å². The predicted molar refractivity (Wildman–Crippen MR) is 113 cm³/mol. The molecule has 3 aromatic rings. The molecule has 1 unspecified atom stereocenters. The first kappa shape index (κ1) is 18.5. The molecule has 1 aliphatic heterocycles. The number of nitrogens with one attached hydrogen (secondary N) is 1. The molecule has 5 heteroatoms. The highest BCUT2D eigenvalue weighted by Crippen LogP contribution is 2.44. The third-order valence-electron chi connectivity index (χ3n) is 6.71. The van der Waals surface area contributed by atoms with E-state index in [0.29, 0.717) is 11.6 Å². The van der Waals surface area contributed by atoms with Gasteiger partial charge >= 0.3 is 0 Å². The molecule has 1 aliphatic carbocycles. The number of aryl methyl sites for hydroxylation is 1. The molecule has 0 spiro atoms. The molecule has 2 aliphatic rings. The van der Waals surface area contributed by atoms with Gasteiger partial charge in [0, 0.05) is 35.6 Å². The molecule has 3 heterocycles. The van der Waals surface area contributed by atoms with E-state index in [1.54, 1.807) is 0 Å². The third-order valence-corrected chi connectivity index (χ3v) is 6.71. The zero-order chi connectivity index (χ0) is 19.8. The molecule has 0 saturated heterocycles. The van der Waals surface area contributed by atoms with Crippen molar-refractivity contribution in [1.82, 2.24) is 15.0 Å². The molecule has 29 heavy (non-hydrogen) atoms. The summed E-state index contributed by atoms with van der Waals surface area (Å²) in [5, 5.41) is 5.42. The summed E-state index contributed by atoms with van der Waals surface area (Å²) in [7, 11) is 0. The van der Waals surface area contributed by atoms with Crippen LogP contribution in [-0.2, 0) is 12.8 Å². The van der Waals surface area contributed by atoms with Gasteiger partial charge in [-0.2, -0.15) is 0 Å². The smallest absolute Gasteiger partial charge is 0.276 e. The van der Waals surface area contributed by atoms with Crippen molar-refractivity contribution in [3.8, 4) is 0 Å². The number of hydrogen-bond donors (Lipinski definition) is 1. The van der Waals surface area contributed by atoms with Crippen LogP contribution in [0.5, 0.6) is 0 Å². The van der Waals surface area contributed by atoms with E-state index in [2.05, 4.69) is 46.2 Å². The quantitative estimate of drug-likeness (QED) is 0.645. The summed E-state index contributed by atoms with van der Waals surface area (Å²) < 4.78 is 5.41. The Balaban J connectivity index is 1.54. The van der Waals surface area contributed by atoms with Gasteiger partial charge in [-0.1, -0.05) is 49.5 Å². The zero-order valence-corrected chi connectivity index (χ0v) is 17.1. The fourth-order valence-electron chi connectivity index (χ4n) is 5.36. The summed E-state index contributed by atoms with van der Waals surface area (Å²) in [6.45, 7) is 2.84. The summed E-state index contributed by atoms with van der Waals surface area (Å²) in [5.41, 5.74) is 4.27. The molecule has 1 atom stereocenters. The number of rotatable bonds is 4. The first-order valence-electron chi connectivity index (χ1n) is 11.1. The van der Waals surface area contributed by atoms with Crippen LogP contribution in [0.1, 0.15) is 79.0 Å². The molecule has 1 aromatic carbocycles. The fraction of sp³-hybridized carbons (Fsp3) is 0.500. The lowest BCUT2D eigenvalue weighted by Crippen LogP contribution is -2.43. The van der Waals surface area contributed by atoms with Gasteiger partial charge in [0.25, 0.3) is 5.91 Å². The Morgan fingerprint density at radius 2 is 2.07 bits per heavy atom. The van der Waals surface area contributed by atoms with Crippen molar-refractivity contribution >= 4 is 16.8 Å². The summed E-state index contributed by atoms with van der Waals surface area (Å²) in [4.78, 5) is 19.2. The first-order chi connectivity index (χ1) is 14.3. The highest BCUT2D eigenvalue weighted by Gasteiger charge is 2.39. The van der Waals surface area contributed by atoms with Gasteiger partial charge in [0.1, 0.15) is 5.76 Å². The number of amides is 1. The minimum atomic E-state index is 0.0102. The molecular formula is C24H29N3O2. The maximum atomic E-state index is 13.5. The number of fused-ring (bicyclic) bond motifs is 3. The van der Waals surface area contributed by atoms with E-state index in [9.17, 15) is 4.79 Å². The monoisotopic (exact) mass is 391 g/mol. The maximum absolute atomic E-state index is 13.5. The SMILES string of the molecule is CCCc1cc(C(=O)N2CCc3c([nH]c4ccccc34)C2C2CCCCC2)no1. The Bertz CT molecular complexity index is 1010. The number of aromatic nitrogens is 2. The van der Waals surface area contributed by atoms with Crippen LogP contribution in [0.4, 0.5) is 0 Å². The third kappa shape index (κ3) is 3.26. The summed E-state index contributed by atoms with van der Waals surface area (Å²) in [6, 6.07) is 10.5. The Morgan fingerprint density at radius 1 is 1.24 bits per heavy atom. The van der Waals surface area contributed by atoms with Crippen LogP contribution in [0.15, 0.2) is 34.9 Å². The van der Waals surface area contributed by atoms with E-state index >= 15 is 0 Å². The summed E-state index contributed by atoms with van der Waals surface area (Å²) >= 11 is 0. The normalized spacial score (nSPS) is 20.2. The van der Waals surface area contributed by atoms with Crippen molar-refractivity contribution in [3.63, 3.8) is 0 Å². The number of carbonyl (C=O) groups is 1. The number of carbonyl (C=O) groups excluding carboxylic acids is 1. The molecule has 1 fully saturated rings. The Hall–Kier alpha value is -2.56. The molecule has 152 valence electrons. The van der Waals surface area contributed by atoms with Gasteiger partial charge in [-0.05, 0) is 43.2 Å². The fourth-order valence-corrected chi connectivity index (χ4v) is 5.36. The minimum Gasteiger partial charge on any atom is -0.361 e. The van der Waals surface area contributed by atoms with Crippen molar-refractivity contribution in [2.24, 2.45) is 5.92 Å². The Labute approximate surface area is 171 Å². The van der Waals surface area contributed by atoms with Gasteiger partial charge in [-0.25, -0.2) is 0 Å². The van der Waals surface area contributed by atoms with Gasteiger partial charge < -0.3 is 14.4 Å². The van der Waals surface area contributed by atoms with E-state index in [1.165, 1.54) is 54.3 Å². The van der Waals surface area contributed by atoms with E-state index in [1.807, 2.05) is 6.07 Å². The van der Waals surface area contributed by atoms with Crippen LogP contribution in [0.3, 0.4) is 0 Å². The molecular weight excluding hydrogens is 362 g/mol. The van der Waals surface area contributed by atoms with Gasteiger partial charge in [0.05, 0.1) is 6.04 Å². The van der Waals surface area contributed by atoms with E-state index in [4.69, 9.17) is 4.52 Å². The molecule has 2 aromatic heterocycles. The van der Waals surface area contributed by atoms with Crippen molar-refractivity contribution in [1.29, 1.82) is 0 Å². The lowest BCUT2D eigenvalue weighted by Gasteiger charge is -2.41. The van der Waals surface area contributed by atoms with Crippen LogP contribution in [0, 0.1) is 5.92 Å². The van der Waals surface area contributed by atoms with Gasteiger partial charge in [-0.3, -0.25) is 4.79 Å². The maximum Gasteiger partial charge on any atom is 0.276 e. The van der Waals surface area contributed by atoms with Crippen molar-refractivity contribution in [2.75, 3.05) is 6.54 Å². The molecule has 5 nitrogen and oxygen atoms in total. The number of hydrogen-bond acceptors (Lipinski definition) is 3. The molecule has 0 radical (unpaired) electrons. The van der Waals surface area contributed by atoms with Crippen LogP contribution < -0.4 is 0 Å². The van der Waals surface area contributed by atoms with Crippen LogP contribution in [0.2, 0.25) is 0 Å². The molecule has 1 N–H and O–H groups in total. The standard InChI is InChI=1S/C24H29N3O2/c1-2-8-17-15-21(26-29-17)24(28)27-14-13-19-18-11-6-7-12-20(18)25-22(19)23(27)16-9-4-3-5-10-16/h6-7,11-12,15-16,23,25H,2-5,8-10,13-14H2,1H3. The summed E-state index contributed by atoms with van der Waals surface area (Å²) in [6.07, 6.45) is 8.86. The number of para-hydroxylation sites is 1. The highest BCUT2D eigenvalue weighted by molar-refractivity contribution is 5.93. The molecule has 5 rings (SSSR count). The first-order valence-corrected chi connectivity index (χ1v) is 11.1. The topological polar surface area (TPSA) is 62.1 Å². The van der Waals surface area contributed by atoms with Crippen molar-refractivity contribution in [2.45, 2.75) is 64.3 Å². The molecule has 1 amide bonds. The van der Waals surface area contributed by atoms with Gasteiger partial charge in [0.15, 0.2) is 5.69 Å². The van der Waals surface area contributed by atoms with Gasteiger partial charge in [0.2, 0.25) is 0 Å². The number of nitrogens with zero attached hydrogens (tertiary/aromatic N) is 2. The Morgan fingerprint density at radius 3 is 2.90 bits per heavy atom. The molecule has 1 saturated carbocycles. The summed E-state index contributed by atoms with van der Waals surface area (Å²) in [5.74, 6) is 1.31. The van der Waals surface area contributed by atoms with Crippen LogP contribution in [-0.4, -0.2) is 27.5 Å². The second kappa shape index (κ2) is 7.69. The van der Waals surface area contributed by atoms with Crippen LogP contribution in [0.25, 0.3) is 10.9 Å². The number of benzene rings is 1. The second-order valence-corrected chi connectivity index (χ2v) is 8.58. The number of aromatic amines is 1. The van der Waals surface area contributed by atoms with Crippen molar-refractivity contribution in [3.05, 3.63) is 53.0 Å². The van der Waals surface area contributed by atoms with E-state index < -0.39 is 0 Å². The second-order valence-electron chi connectivity index (χ2n) is 8.58. The molecule has 0 bridgehead atoms. The number of H-pyrrole nitrogens is 1. The lowest BCUT2D eigenvalue weighted by atomic mass is 9.79. The zero-order valence-electron chi connectivity index (χ0n) is 17.1. The average molecular weight is 392 g/mol. The minimum absolute atomic E-state index is 0.0102. The average Bonchev–Trinajstić information content (AvgIpc) is 3.38. The van der Waals surface area contributed by atoms with E-state index in [-0.39, 0.29) is 11.9 Å². The highest BCUT2D eigenvalue weighted by atomic mass is 16.5. The van der Waals surface area contributed by atoms with Crippen molar-refractivity contribution < 1.29 is 9.32 Å². The Kier molecular flexibility index (Phi) is 4.90. The van der Waals surface area contributed by atoms with Crippen LogP contribution >= 0.6 is 0 Å².